The Morgan fingerprint density at radius 1 is 1.37 bits per heavy atom. The van der Waals surface area contributed by atoms with Gasteiger partial charge in [0.1, 0.15) is 5.75 Å². The van der Waals surface area contributed by atoms with Gasteiger partial charge >= 0.3 is 12.1 Å². The summed E-state index contributed by atoms with van der Waals surface area (Å²) in [7, 11) is 0.894. The number of halogens is 3. The number of hydrogen-bond donors (Lipinski definition) is 0. The summed E-state index contributed by atoms with van der Waals surface area (Å²) in [5, 5.41) is -0.500. The SMILES string of the molecule is COC(=O)/C(=C1\Oc2ccc(C)cc2S1)C(F)(F)F. The summed E-state index contributed by atoms with van der Waals surface area (Å²) in [5.41, 5.74) is -0.531. The molecule has 0 unspecified atom stereocenters. The highest BCUT2D eigenvalue weighted by Crippen LogP contribution is 2.47. The van der Waals surface area contributed by atoms with Crippen molar-refractivity contribution in [2.75, 3.05) is 7.11 Å². The maximum absolute atomic E-state index is 12.9. The fraction of sp³-hybridized carbons (Fsp3) is 0.250. The van der Waals surface area contributed by atoms with Crippen LogP contribution in [0.15, 0.2) is 33.8 Å². The predicted molar refractivity (Wildman–Crippen MR) is 62.8 cm³/mol. The van der Waals surface area contributed by atoms with Crippen LogP contribution in [0, 0.1) is 6.92 Å². The molecule has 102 valence electrons. The number of carbonyl (C=O) groups is 1. The number of benzene rings is 1. The van der Waals surface area contributed by atoms with Gasteiger partial charge in [-0.05, 0) is 36.4 Å². The van der Waals surface area contributed by atoms with Crippen molar-refractivity contribution in [2.24, 2.45) is 0 Å². The van der Waals surface area contributed by atoms with Crippen molar-refractivity contribution in [1.82, 2.24) is 0 Å². The monoisotopic (exact) mass is 290 g/mol. The molecule has 1 aromatic carbocycles. The largest absolute Gasteiger partial charge is 0.465 e. The van der Waals surface area contributed by atoms with Gasteiger partial charge in [0.25, 0.3) is 0 Å². The number of hydrogen-bond acceptors (Lipinski definition) is 4. The first-order valence-corrected chi connectivity index (χ1v) is 6.00. The van der Waals surface area contributed by atoms with E-state index < -0.39 is 22.8 Å². The van der Waals surface area contributed by atoms with Crippen molar-refractivity contribution in [3.05, 3.63) is 34.4 Å². The van der Waals surface area contributed by atoms with Crippen molar-refractivity contribution >= 4 is 17.7 Å². The number of thioether (sulfide) groups is 1. The van der Waals surface area contributed by atoms with Crippen molar-refractivity contribution in [2.45, 2.75) is 18.0 Å². The molecule has 3 nitrogen and oxygen atoms in total. The Morgan fingerprint density at radius 3 is 2.63 bits per heavy atom. The number of methoxy groups -OCH3 is 1. The predicted octanol–water partition coefficient (Wildman–Crippen LogP) is 3.43. The molecule has 0 saturated carbocycles. The molecule has 1 aromatic rings. The molecule has 7 heteroatoms. The van der Waals surface area contributed by atoms with Gasteiger partial charge in [0.2, 0.25) is 0 Å². The zero-order valence-corrected chi connectivity index (χ0v) is 10.8. The molecule has 0 radical (unpaired) electrons. The minimum Gasteiger partial charge on any atom is -0.465 e. The second-order valence-electron chi connectivity index (χ2n) is 3.81. The standard InChI is InChI=1S/C12H9F3O3S/c1-6-3-4-7-8(5-6)19-11(18-7)9(10(16)17-2)12(13,14)15/h3-5H,1-2H3/b11-9-. The summed E-state index contributed by atoms with van der Waals surface area (Å²) >= 11 is 0.766. The lowest BCUT2D eigenvalue weighted by Crippen LogP contribution is -2.23. The van der Waals surface area contributed by atoms with Gasteiger partial charge in [-0.15, -0.1) is 0 Å². The van der Waals surface area contributed by atoms with Gasteiger partial charge in [0.15, 0.2) is 10.7 Å². The highest BCUT2D eigenvalue weighted by molar-refractivity contribution is 8.03. The topological polar surface area (TPSA) is 35.5 Å². The van der Waals surface area contributed by atoms with E-state index >= 15 is 0 Å². The Labute approximate surface area is 111 Å². The highest BCUT2D eigenvalue weighted by Gasteiger charge is 2.45. The molecule has 0 N–H and O–H groups in total. The number of aryl methyl sites for hydroxylation is 1. The first kappa shape index (κ1) is 13.8. The van der Waals surface area contributed by atoms with Gasteiger partial charge in [-0.25, -0.2) is 4.79 Å². The molecule has 0 spiro atoms. The van der Waals surface area contributed by atoms with Crippen LogP contribution in [-0.2, 0) is 9.53 Å². The Hall–Kier alpha value is -1.63. The molecule has 1 aliphatic heterocycles. The molecule has 0 amide bonds. The fourth-order valence-corrected chi connectivity index (χ4v) is 2.61. The van der Waals surface area contributed by atoms with Crippen LogP contribution in [0.2, 0.25) is 0 Å². The molecule has 0 bridgehead atoms. The quantitative estimate of drug-likeness (QED) is 0.586. The molecule has 0 aromatic heterocycles. The first-order valence-electron chi connectivity index (χ1n) is 5.19. The molecule has 1 heterocycles. The second kappa shape index (κ2) is 4.80. The maximum Gasteiger partial charge on any atom is 0.427 e. The molecule has 1 aliphatic rings. The van der Waals surface area contributed by atoms with E-state index in [4.69, 9.17) is 4.74 Å². The summed E-state index contributed by atoms with van der Waals surface area (Å²) in [5.74, 6) is -1.16. The van der Waals surface area contributed by atoms with E-state index in [-0.39, 0.29) is 0 Å². The van der Waals surface area contributed by atoms with Crippen molar-refractivity contribution in [1.29, 1.82) is 0 Å². The van der Waals surface area contributed by atoms with Crippen molar-refractivity contribution in [3.8, 4) is 5.75 Å². The summed E-state index contributed by atoms with van der Waals surface area (Å²) < 4.78 is 47.8. The lowest BCUT2D eigenvalue weighted by atomic mass is 10.2. The zero-order chi connectivity index (χ0) is 14.2. The van der Waals surface area contributed by atoms with Gasteiger partial charge < -0.3 is 9.47 Å². The average Bonchev–Trinajstić information content (AvgIpc) is 2.69. The van der Waals surface area contributed by atoms with E-state index in [9.17, 15) is 18.0 Å². The van der Waals surface area contributed by atoms with Crippen LogP contribution in [0.5, 0.6) is 5.75 Å². The lowest BCUT2D eigenvalue weighted by Gasteiger charge is -2.11. The van der Waals surface area contributed by atoms with Crippen LogP contribution < -0.4 is 4.74 Å². The number of alkyl halides is 3. The number of fused-ring (bicyclic) bond motifs is 1. The molecule has 0 atom stereocenters. The molecular weight excluding hydrogens is 281 g/mol. The van der Waals surface area contributed by atoms with Gasteiger partial charge in [-0.2, -0.15) is 13.2 Å². The Kier molecular flexibility index (Phi) is 3.49. The van der Waals surface area contributed by atoms with Crippen molar-refractivity contribution in [3.63, 3.8) is 0 Å². The molecule has 0 fully saturated rings. The van der Waals surface area contributed by atoms with E-state index in [2.05, 4.69) is 4.74 Å². The molecule has 19 heavy (non-hydrogen) atoms. The number of ether oxygens (including phenoxy) is 2. The van der Waals surface area contributed by atoms with E-state index in [1.165, 1.54) is 0 Å². The van der Waals surface area contributed by atoms with E-state index in [0.717, 1.165) is 24.4 Å². The molecular formula is C12H9F3O3S. The number of rotatable bonds is 1. The number of esters is 1. The fourth-order valence-electron chi connectivity index (χ4n) is 1.52. The molecule has 2 rings (SSSR count). The van der Waals surface area contributed by atoms with Gasteiger partial charge in [0, 0.05) is 0 Å². The maximum atomic E-state index is 12.9. The third-order valence-corrected chi connectivity index (χ3v) is 3.39. The normalized spacial score (nSPS) is 16.7. The highest BCUT2D eigenvalue weighted by atomic mass is 32.2. The van der Waals surface area contributed by atoms with Crippen LogP contribution in [0.4, 0.5) is 13.2 Å². The van der Waals surface area contributed by atoms with E-state index in [1.54, 1.807) is 18.2 Å². The lowest BCUT2D eigenvalue weighted by molar-refractivity contribution is -0.148. The third kappa shape index (κ3) is 2.70. The minimum atomic E-state index is -4.83. The van der Waals surface area contributed by atoms with Crippen molar-refractivity contribution < 1.29 is 27.4 Å². The van der Waals surface area contributed by atoms with Crippen LogP contribution in [0.25, 0.3) is 0 Å². The van der Waals surface area contributed by atoms with Crippen LogP contribution in [-0.4, -0.2) is 19.3 Å². The third-order valence-electron chi connectivity index (χ3n) is 2.38. The average molecular weight is 290 g/mol. The smallest absolute Gasteiger partial charge is 0.427 e. The summed E-state index contributed by atoms with van der Waals surface area (Å²) in [6.45, 7) is 1.81. The van der Waals surface area contributed by atoms with Crippen LogP contribution >= 0.6 is 11.8 Å². The van der Waals surface area contributed by atoms with E-state index in [1.807, 2.05) is 6.92 Å². The molecule has 0 saturated heterocycles. The Balaban J connectivity index is 2.46. The zero-order valence-electron chi connectivity index (χ0n) is 10.00. The summed E-state index contributed by atoms with van der Waals surface area (Å²) in [6, 6.07) is 4.97. The first-order chi connectivity index (χ1) is 8.82. The summed E-state index contributed by atoms with van der Waals surface area (Å²) in [4.78, 5) is 11.8. The van der Waals surface area contributed by atoms with Gasteiger partial charge in [-0.1, -0.05) is 6.07 Å². The van der Waals surface area contributed by atoms with Gasteiger partial charge in [-0.3, -0.25) is 0 Å². The Bertz CT molecular complexity index is 564. The van der Waals surface area contributed by atoms with Gasteiger partial charge in [0.05, 0.1) is 12.0 Å². The minimum absolute atomic E-state index is 0.302. The van der Waals surface area contributed by atoms with Crippen LogP contribution in [0.1, 0.15) is 5.56 Å². The van der Waals surface area contributed by atoms with E-state index in [0.29, 0.717) is 10.6 Å². The molecule has 0 aliphatic carbocycles. The number of carbonyl (C=O) groups excluding carboxylic acids is 1. The summed E-state index contributed by atoms with van der Waals surface area (Å²) in [6.07, 6.45) is -4.83. The van der Waals surface area contributed by atoms with Crippen LogP contribution in [0.3, 0.4) is 0 Å². The second-order valence-corrected chi connectivity index (χ2v) is 4.82. The Morgan fingerprint density at radius 2 is 2.05 bits per heavy atom.